The molecule has 104 valence electrons. The van der Waals surface area contributed by atoms with Crippen LogP contribution >= 0.6 is 0 Å². The molecule has 2 heterocycles. The van der Waals surface area contributed by atoms with Crippen LogP contribution in [0.15, 0.2) is 48.8 Å². The first-order chi connectivity index (χ1) is 10.2. The zero-order valence-corrected chi connectivity index (χ0v) is 11.4. The molecule has 5 heteroatoms. The highest BCUT2D eigenvalue weighted by atomic mass is 19.1. The van der Waals surface area contributed by atoms with Gasteiger partial charge in [0.2, 0.25) is 5.95 Å². The van der Waals surface area contributed by atoms with E-state index in [9.17, 15) is 4.39 Å². The van der Waals surface area contributed by atoms with Gasteiger partial charge in [-0.1, -0.05) is 18.2 Å². The van der Waals surface area contributed by atoms with Gasteiger partial charge in [0.05, 0.1) is 11.4 Å². The Hall–Kier alpha value is -2.82. The van der Waals surface area contributed by atoms with Gasteiger partial charge in [0.1, 0.15) is 5.82 Å². The number of hydrogen-bond donors (Lipinski definition) is 1. The van der Waals surface area contributed by atoms with Gasteiger partial charge in [0, 0.05) is 29.1 Å². The standard InChI is InChI=1S/C16H13FN4/c1-10-14(11-5-4-8-19-9-11)15(21-16(18)20-10)12-6-2-3-7-13(12)17/h2-9H,1H3,(H2,18,20,21). The summed E-state index contributed by atoms with van der Waals surface area (Å²) < 4.78 is 14.1. The van der Waals surface area contributed by atoms with Crippen LogP contribution in [0.1, 0.15) is 5.69 Å². The predicted octanol–water partition coefficient (Wildman–Crippen LogP) is 3.24. The summed E-state index contributed by atoms with van der Waals surface area (Å²) in [4.78, 5) is 12.5. The number of nitrogen functional groups attached to an aromatic ring is 1. The van der Waals surface area contributed by atoms with Gasteiger partial charge in [-0.25, -0.2) is 14.4 Å². The van der Waals surface area contributed by atoms with Gasteiger partial charge in [0.15, 0.2) is 0 Å². The summed E-state index contributed by atoms with van der Waals surface area (Å²) >= 11 is 0. The Balaban J connectivity index is 2.33. The SMILES string of the molecule is Cc1nc(N)nc(-c2ccccc2F)c1-c1cccnc1. The minimum absolute atomic E-state index is 0.124. The van der Waals surface area contributed by atoms with E-state index in [0.717, 1.165) is 11.1 Å². The summed E-state index contributed by atoms with van der Waals surface area (Å²) in [5.41, 5.74) is 8.86. The summed E-state index contributed by atoms with van der Waals surface area (Å²) in [6, 6.07) is 10.2. The second kappa shape index (κ2) is 5.28. The van der Waals surface area contributed by atoms with E-state index in [1.54, 1.807) is 30.6 Å². The Kier molecular flexibility index (Phi) is 3.31. The number of rotatable bonds is 2. The Bertz CT molecular complexity index is 788. The number of nitrogens with zero attached hydrogens (tertiary/aromatic N) is 3. The molecule has 0 aliphatic rings. The van der Waals surface area contributed by atoms with Crippen LogP contribution in [0.5, 0.6) is 0 Å². The zero-order chi connectivity index (χ0) is 14.8. The molecule has 3 aromatic rings. The number of hydrogen-bond acceptors (Lipinski definition) is 4. The maximum atomic E-state index is 14.1. The third kappa shape index (κ3) is 2.45. The highest BCUT2D eigenvalue weighted by molar-refractivity contribution is 5.82. The van der Waals surface area contributed by atoms with Crippen molar-refractivity contribution in [3.05, 3.63) is 60.3 Å². The number of halogens is 1. The van der Waals surface area contributed by atoms with Crippen LogP contribution in [0.2, 0.25) is 0 Å². The molecule has 0 saturated carbocycles. The Morgan fingerprint density at radius 2 is 1.86 bits per heavy atom. The first kappa shape index (κ1) is 13.2. The van der Waals surface area contributed by atoms with Gasteiger partial charge >= 0.3 is 0 Å². The lowest BCUT2D eigenvalue weighted by molar-refractivity contribution is 0.631. The molecule has 0 atom stereocenters. The predicted molar refractivity (Wildman–Crippen MR) is 79.8 cm³/mol. The largest absolute Gasteiger partial charge is 0.368 e. The second-order valence-corrected chi connectivity index (χ2v) is 4.61. The van der Waals surface area contributed by atoms with Crippen molar-refractivity contribution in [2.45, 2.75) is 6.92 Å². The van der Waals surface area contributed by atoms with Crippen molar-refractivity contribution < 1.29 is 4.39 Å². The number of benzene rings is 1. The molecule has 0 unspecified atom stereocenters. The van der Waals surface area contributed by atoms with Crippen molar-refractivity contribution >= 4 is 5.95 Å². The second-order valence-electron chi connectivity index (χ2n) is 4.61. The van der Waals surface area contributed by atoms with Crippen LogP contribution in [0.25, 0.3) is 22.4 Å². The van der Waals surface area contributed by atoms with Crippen LogP contribution < -0.4 is 5.73 Å². The van der Waals surface area contributed by atoms with Gasteiger partial charge in [0.25, 0.3) is 0 Å². The highest BCUT2D eigenvalue weighted by Gasteiger charge is 2.17. The first-order valence-corrected chi connectivity index (χ1v) is 6.46. The van der Waals surface area contributed by atoms with Crippen LogP contribution in [-0.4, -0.2) is 15.0 Å². The molecular weight excluding hydrogens is 267 g/mol. The molecule has 0 aliphatic heterocycles. The molecule has 0 saturated heterocycles. The summed E-state index contributed by atoms with van der Waals surface area (Å²) in [5, 5.41) is 0. The molecule has 0 amide bonds. The van der Waals surface area contributed by atoms with Gasteiger partial charge < -0.3 is 5.73 Å². The average molecular weight is 280 g/mol. The molecular formula is C16H13FN4. The maximum absolute atomic E-state index is 14.1. The van der Waals surface area contributed by atoms with Crippen LogP contribution in [0.3, 0.4) is 0 Å². The minimum Gasteiger partial charge on any atom is -0.368 e. The molecule has 0 spiro atoms. The molecule has 0 fully saturated rings. The van der Waals surface area contributed by atoms with E-state index in [0.29, 0.717) is 17.0 Å². The number of anilines is 1. The first-order valence-electron chi connectivity index (χ1n) is 6.46. The fourth-order valence-electron chi connectivity index (χ4n) is 2.30. The van der Waals surface area contributed by atoms with Gasteiger partial charge in [-0.2, -0.15) is 0 Å². The number of pyridine rings is 1. The lowest BCUT2D eigenvalue weighted by Gasteiger charge is -2.12. The minimum atomic E-state index is -0.347. The fourth-order valence-corrected chi connectivity index (χ4v) is 2.30. The normalized spacial score (nSPS) is 10.6. The van der Waals surface area contributed by atoms with Gasteiger partial charge in [-0.15, -0.1) is 0 Å². The van der Waals surface area contributed by atoms with Crippen molar-refractivity contribution in [1.29, 1.82) is 0 Å². The van der Waals surface area contributed by atoms with E-state index < -0.39 is 0 Å². The number of aryl methyl sites for hydroxylation is 1. The van der Waals surface area contributed by atoms with Crippen LogP contribution in [0, 0.1) is 12.7 Å². The van der Waals surface area contributed by atoms with Gasteiger partial charge in [-0.3, -0.25) is 4.98 Å². The van der Waals surface area contributed by atoms with Gasteiger partial charge in [-0.05, 0) is 25.1 Å². The Labute approximate surface area is 121 Å². The Morgan fingerprint density at radius 3 is 2.57 bits per heavy atom. The van der Waals surface area contributed by atoms with Crippen molar-refractivity contribution in [2.75, 3.05) is 5.73 Å². The van der Waals surface area contributed by atoms with E-state index in [2.05, 4.69) is 15.0 Å². The number of nitrogens with two attached hydrogens (primary N) is 1. The lowest BCUT2D eigenvalue weighted by Crippen LogP contribution is -2.03. The molecule has 2 aromatic heterocycles. The van der Waals surface area contributed by atoms with E-state index in [1.165, 1.54) is 6.07 Å². The summed E-state index contributed by atoms with van der Waals surface area (Å²) in [5.74, 6) is -0.224. The van der Waals surface area contributed by atoms with E-state index in [-0.39, 0.29) is 11.8 Å². The average Bonchev–Trinajstić information content (AvgIpc) is 2.48. The summed E-state index contributed by atoms with van der Waals surface area (Å²) in [6.07, 6.45) is 3.38. The van der Waals surface area contributed by atoms with E-state index in [4.69, 9.17) is 5.73 Å². The molecule has 3 rings (SSSR count). The molecule has 21 heavy (non-hydrogen) atoms. The summed E-state index contributed by atoms with van der Waals surface area (Å²) in [6.45, 7) is 1.82. The maximum Gasteiger partial charge on any atom is 0.220 e. The highest BCUT2D eigenvalue weighted by Crippen LogP contribution is 2.33. The Morgan fingerprint density at radius 1 is 1.05 bits per heavy atom. The molecule has 4 nitrogen and oxygen atoms in total. The molecule has 2 N–H and O–H groups in total. The van der Waals surface area contributed by atoms with Crippen molar-refractivity contribution in [3.63, 3.8) is 0 Å². The third-order valence-electron chi connectivity index (χ3n) is 3.19. The molecule has 1 aromatic carbocycles. The topological polar surface area (TPSA) is 64.7 Å². The fraction of sp³-hybridized carbons (Fsp3) is 0.0625. The molecule has 0 aliphatic carbocycles. The van der Waals surface area contributed by atoms with Crippen molar-refractivity contribution in [2.24, 2.45) is 0 Å². The monoisotopic (exact) mass is 280 g/mol. The molecule has 0 bridgehead atoms. The smallest absolute Gasteiger partial charge is 0.220 e. The zero-order valence-electron chi connectivity index (χ0n) is 11.4. The van der Waals surface area contributed by atoms with E-state index >= 15 is 0 Å². The molecule has 0 radical (unpaired) electrons. The van der Waals surface area contributed by atoms with Crippen LogP contribution in [0.4, 0.5) is 10.3 Å². The quantitative estimate of drug-likeness (QED) is 0.782. The summed E-state index contributed by atoms with van der Waals surface area (Å²) in [7, 11) is 0. The van der Waals surface area contributed by atoms with Crippen molar-refractivity contribution in [3.8, 4) is 22.4 Å². The number of aromatic nitrogens is 3. The lowest BCUT2D eigenvalue weighted by atomic mass is 9.99. The third-order valence-corrected chi connectivity index (χ3v) is 3.19. The van der Waals surface area contributed by atoms with Crippen LogP contribution in [-0.2, 0) is 0 Å². The van der Waals surface area contributed by atoms with E-state index in [1.807, 2.05) is 19.1 Å². The van der Waals surface area contributed by atoms with Crippen molar-refractivity contribution in [1.82, 2.24) is 15.0 Å².